The van der Waals surface area contributed by atoms with E-state index in [9.17, 15) is 0 Å². The summed E-state index contributed by atoms with van der Waals surface area (Å²) in [4.78, 5) is 0. The summed E-state index contributed by atoms with van der Waals surface area (Å²) in [5, 5.41) is 3.56. The van der Waals surface area contributed by atoms with E-state index in [0.717, 1.165) is 0 Å². The summed E-state index contributed by atoms with van der Waals surface area (Å²) in [6, 6.07) is 0.601. The molecule has 94 valence electrons. The second kappa shape index (κ2) is 3.46. The summed E-state index contributed by atoms with van der Waals surface area (Å²) >= 11 is 0. The third-order valence-electron chi connectivity index (χ3n) is 4.65. The second-order valence-electron chi connectivity index (χ2n) is 7.20. The maximum atomic E-state index is 6.21. The Morgan fingerprint density at radius 2 is 1.69 bits per heavy atom. The van der Waals surface area contributed by atoms with Crippen molar-refractivity contribution in [1.82, 2.24) is 5.32 Å². The van der Waals surface area contributed by atoms with Crippen LogP contribution in [0.25, 0.3) is 0 Å². The van der Waals surface area contributed by atoms with Gasteiger partial charge in [0.15, 0.2) is 0 Å². The average molecular weight is 225 g/mol. The molecule has 2 aliphatic rings. The van der Waals surface area contributed by atoms with Gasteiger partial charge in [-0.05, 0) is 59.4 Å². The summed E-state index contributed by atoms with van der Waals surface area (Å²) in [6.45, 7) is 11.4. The number of ether oxygens (including phenoxy) is 1. The van der Waals surface area contributed by atoms with Crippen molar-refractivity contribution < 1.29 is 4.74 Å². The van der Waals surface area contributed by atoms with Gasteiger partial charge in [0.05, 0.1) is 11.2 Å². The fourth-order valence-electron chi connectivity index (χ4n) is 3.67. The first kappa shape index (κ1) is 12.4. The normalized spacial score (nSPS) is 36.0. The molecule has 0 bridgehead atoms. The number of hydrogen-bond acceptors (Lipinski definition) is 2. The van der Waals surface area contributed by atoms with E-state index in [4.69, 9.17) is 4.74 Å². The Kier molecular flexibility index (Phi) is 2.67. The first-order valence-electron chi connectivity index (χ1n) is 6.58. The highest BCUT2D eigenvalue weighted by Crippen LogP contribution is 2.55. The maximum absolute atomic E-state index is 6.21. The highest BCUT2D eigenvalue weighted by atomic mass is 16.5. The van der Waals surface area contributed by atoms with Crippen molar-refractivity contribution in [2.75, 3.05) is 7.05 Å². The van der Waals surface area contributed by atoms with Gasteiger partial charge in [0, 0.05) is 12.0 Å². The predicted octanol–water partition coefficient (Wildman–Crippen LogP) is 2.97. The molecular weight excluding hydrogens is 198 g/mol. The monoisotopic (exact) mass is 225 g/mol. The zero-order chi connectivity index (χ0) is 12.2. The Balaban J connectivity index is 2.19. The smallest absolute Gasteiger partial charge is 0.0677 e. The van der Waals surface area contributed by atoms with Crippen LogP contribution in [-0.4, -0.2) is 24.3 Å². The van der Waals surface area contributed by atoms with Gasteiger partial charge in [-0.25, -0.2) is 0 Å². The third kappa shape index (κ3) is 2.02. The molecule has 1 saturated heterocycles. The molecule has 1 saturated carbocycles. The second-order valence-corrected chi connectivity index (χ2v) is 7.20. The molecule has 1 N–H and O–H groups in total. The topological polar surface area (TPSA) is 21.3 Å². The van der Waals surface area contributed by atoms with Crippen molar-refractivity contribution in [2.24, 2.45) is 11.3 Å². The van der Waals surface area contributed by atoms with E-state index in [0.29, 0.717) is 17.4 Å². The number of hydrogen-bond donors (Lipinski definition) is 1. The van der Waals surface area contributed by atoms with Crippen LogP contribution < -0.4 is 5.32 Å². The van der Waals surface area contributed by atoms with Crippen molar-refractivity contribution in [3.8, 4) is 0 Å². The SMILES string of the molecule is CNC(C1CC(C)(C)OC1(C)C)C1(C)CC1. The highest BCUT2D eigenvalue weighted by Gasteiger charge is 2.56. The minimum Gasteiger partial charge on any atom is -0.369 e. The van der Waals surface area contributed by atoms with Gasteiger partial charge >= 0.3 is 0 Å². The molecule has 0 amide bonds. The van der Waals surface area contributed by atoms with Crippen LogP contribution in [-0.2, 0) is 4.74 Å². The Labute approximate surface area is 100 Å². The van der Waals surface area contributed by atoms with Crippen molar-refractivity contribution in [3.05, 3.63) is 0 Å². The lowest BCUT2D eigenvalue weighted by Crippen LogP contribution is -2.47. The van der Waals surface area contributed by atoms with Crippen LogP contribution in [0.4, 0.5) is 0 Å². The summed E-state index contributed by atoms with van der Waals surface area (Å²) in [5.74, 6) is 0.625. The Hall–Kier alpha value is -0.0800. The fourth-order valence-corrected chi connectivity index (χ4v) is 3.67. The van der Waals surface area contributed by atoms with Crippen LogP contribution in [0.1, 0.15) is 53.9 Å². The zero-order valence-corrected chi connectivity index (χ0v) is 11.7. The van der Waals surface area contributed by atoms with E-state index < -0.39 is 0 Å². The molecule has 2 unspecified atom stereocenters. The molecule has 0 radical (unpaired) electrons. The number of rotatable bonds is 3. The van der Waals surface area contributed by atoms with Gasteiger partial charge in [0.1, 0.15) is 0 Å². The third-order valence-corrected chi connectivity index (χ3v) is 4.65. The quantitative estimate of drug-likeness (QED) is 0.797. The molecule has 2 atom stereocenters. The lowest BCUT2D eigenvalue weighted by atomic mass is 9.75. The van der Waals surface area contributed by atoms with Crippen LogP contribution in [0, 0.1) is 11.3 Å². The van der Waals surface area contributed by atoms with E-state index in [1.54, 1.807) is 0 Å². The predicted molar refractivity (Wildman–Crippen MR) is 67.5 cm³/mol. The molecule has 0 aromatic rings. The summed E-state index contributed by atoms with van der Waals surface area (Å²) in [7, 11) is 2.11. The molecular formula is C14H27NO. The Bertz CT molecular complexity index is 278. The van der Waals surface area contributed by atoms with Crippen LogP contribution in [0.5, 0.6) is 0 Å². The van der Waals surface area contributed by atoms with E-state index >= 15 is 0 Å². The van der Waals surface area contributed by atoms with Crippen LogP contribution >= 0.6 is 0 Å². The Morgan fingerprint density at radius 1 is 1.12 bits per heavy atom. The molecule has 1 aliphatic heterocycles. The van der Waals surface area contributed by atoms with E-state index in [-0.39, 0.29) is 11.2 Å². The molecule has 2 rings (SSSR count). The van der Waals surface area contributed by atoms with Gasteiger partial charge in [0.2, 0.25) is 0 Å². The molecule has 16 heavy (non-hydrogen) atoms. The van der Waals surface area contributed by atoms with Gasteiger partial charge in [0.25, 0.3) is 0 Å². The fraction of sp³-hybridized carbons (Fsp3) is 1.00. The van der Waals surface area contributed by atoms with Gasteiger partial charge in [-0.15, -0.1) is 0 Å². The van der Waals surface area contributed by atoms with Crippen LogP contribution in [0.2, 0.25) is 0 Å². The van der Waals surface area contributed by atoms with E-state index in [1.807, 2.05) is 0 Å². The van der Waals surface area contributed by atoms with E-state index in [1.165, 1.54) is 19.3 Å². The lowest BCUT2D eigenvalue weighted by Gasteiger charge is -2.36. The minimum atomic E-state index is 0.00275. The summed E-state index contributed by atoms with van der Waals surface area (Å²) in [5.41, 5.74) is 0.553. The minimum absolute atomic E-state index is 0.00275. The van der Waals surface area contributed by atoms with Crippen molar-refractivity contribution >= 4 is 0 Å². The average Bonchev–Trinajstić information content (AvgIpc) is 2.76. The lowest BCUT2D eigenvalue weighted by molar-refractivity contribution is -0.0797. The zero-order valence-electron chi connectivity index (χ0n) is 11.7. The Morgan fingerprint density at radius 3 is 2.00 bits per heavy atom. The van der Waals surface area contributed by atoms with Gasteiger partial charge in [-0.1, -0.05) is 6.92 Å². The molecule has 2 fully saturated rings. The highest BCUT2D eigenvalue weighted by molar-refractivity contribution is 5.08. The van der Waals surface area contributed by atoms with Gasteiger partial charge < -0.3 is 10.1 Å². The van der Waals surface area contributed by atoms with Gasteiger partial charge in [-0.3, -0.25) is 0 Å². The van der Waals surface area contributed by atoms with Gasteiger partial charge in [-0.2, -0.15) is 0 Å². The largest absolute Gasteiger partial charge is 0.369 e. The summed E-state index contributed by atoms with van der Waals surface area (Å²) in [6.07, 6.45) is 3.90. The molecule has 2 heteroatoms. The number of nitrogens with one attached hydrogen (secondary N) is 1. The molecule has 0 aromatic heterocycles. The standard InChI is InChI=1S/C14H27NO/c1-12(2)9-10(13(3,4)16-12)11(15-6)14(5)7-8-14/h10-11,15H,7-9H2,1-6H3. The van der Waals surface area contributed by atoms with Crippen LogP contribution in [0.15, 0.2) is 0 Å². The van der Waals surface area contributed by atoms with Crippen molar-refractivity contribution in [3.63, 3.8) is 0 Å². The maximum Gasteiger partial charge on any atom is 0.0677 e. The first-order valence-corrected chi connectivity index (χ1v) is 6.58. The first-order chi connectivity index (χ1) is 7.20. The molecule has 0 spiro atoms. The molecule has 1 heterocycles. The molecule has 2 nitrogen and oxygen atoms in total. The van der Waals surface area contributed by atoms with Crippen LogP contribution in [0.3, 0.4) is 0 Å². The molecule has 0 aromatic carbocycles. The van der Waals surface area contributed by atoms with E-state index in [2.05, 4.69) is 47.0 Å². The summed E-state index contributed by atoms with van der Waals surface area (Å²) < 4.78 is 6.21. The van der Waals surface area contributed by atoms with Crippen molar-refractivity contribution in [1.29, 1.82) is 0 Å². The molecule has 1 aliphatic carbocycles. The van der Waals surface area contributed by atoms with Crippen molar-refractivity contribution in [2.45, 2.75) is 71.1 Å².